The molecule has 1 heterocycles. The van der Waals surface area contributed by atoms with Crippen LogP contribution in [0.5, 0.6) is 0 Å². The maximum atomic E-state index is 12.8. The number of nitrogens with zero attached hydrogens (tertiary/aromatic N) is 1. The van der Waals surface area contributed by atoms with Crippen LogP contribution in [-0.2, 0) is 23.0 Å². The fraction of sp³-hybridized carbons (Fsp3) is 0.148. The average molecular weight is 520 g/mol. The van der Waals surface area contributed by atoms with E-state index in [9.17, 15) is 22.8 Å². The van der Waals surface area contributed by atoms with Crippen molar-refractivity contribution in [2.75, 3.05) is 14.1 Å². The number of H-pyrrole nitrogens is 1. The molecule has 0 aliphatic carbocycles. The van der Waals surface area contributed by atoms with Crippen molar-refractivity contribution in [3.8, 4) is 0 Å². The van der Waals surface area contributed by atoms with E-state index in [1.165, 1.54) is 38.4 Å². The van der Waals surface area contributed by atoms with E-state index >= 15 is 0 Å². The summed E-state index contributed by atoms with van der Waals surface area (Å²) >= 11 is 0. The lowest BCUT2D eigenvalue weighted by Gasteiger charge is -2.12. The van der Waals surface area contributed by atoms with E-state index < -0.39 is 16.0 Å². The molecule has 0 aliphatic heterocycles. The normalized spacial score (nSPS) is 11.5. The second kappa shape index (κ2) is 10.4. The van der Waals surface area contributed by atoms with Crippen LogP contribution in [0.4, 0.5) is 0 Å². The van der Waals surface area contributed by atoms with Gasteiger partial charge < -0.3 is 15.4 Å². The second-order valence-corrected chi connectivity index (χ2v) is 10.9. The number of hydrogen-bond donors (Lipinski definition) is 3. The summed E-state index contributed by atoms with van der Waals surface area (Å²) in [5, 5.41) is 12.6. The summed E-state index contributed by atoms with van der Waals surface area (Å²) in [6.07, 6.45) is 0.307. The Hall–Kier alpha value is -4.28. The number of aromatic carboxylic acids is 1. The summed E-state index contributed by atoms with van der Waals surface area (Å²) < 4.78 is 25.5. The number of carbonyl (C=O) groups is 2. The fourth-order valence-electron chi connectivity index (χ4n) is 3.78. The van der Waals surface area contributed by atoms with Gasteiger partial charge in [0.1, 0.15) is 0 Å². The number of carboxylic acid groups (broad SMARTS) is 1. The first-order valence-electron chi connectivity index (χ1n) is 11.3. The molecule has 9 nitrogen and oxygen atoms in total. The van der Waals surface area contributed by atoms with Gasteiger partial charge in [-0.05, 0) is 65.0 Å². The summed E-state index contributed by atoms with van der Waals surface area (Å²) in [5.74, 6) is -1.33. The van der Waals surface area contributed by atoms with E-state index in [4.69, 9.17) is 5.11 Å². The van der Waals surface area contributed by atoms with Crippen molar-refractivity contribution >= 4 is 32.8 Å². The van der Waals surface area contributed by atoms with E-state index in [0.29, 0.717) is 28.5 Å². The fourth-order valence-corrected chi connectivity index (χ4v) is 4.69. The number of aromatic nitrogens is 1. The summed E-state index contributed by atoms with van der Waals surface area (Å²) in [6, 6.07) is 19.3. The molecule has 0 aliphatic rings. The number of sulfonamides is 1. The smallest absolute Gasteiger partial charge is 0.335 e. The molecule has 0 saturated carbocycles. The van der Waals surface area contributed by atoms with Gasteiger partial charge >= 0.3 is 5.97 Å². The number of rotatable bonds is 8. The van der Waals surface area contributed by atoms with E-state index in [2.05, 4.69) is 10.3 Å². The van der Waals surface area contributed by atoms with Crippen molar-refractivity contribution in [3.63, 3.8) is 0 Å². The lowest BCUT2D eigenvalue weighted by molar-refractivity contribution is 0.0696. The molecule has 4 aromatic rings. The highest BCUT2D eigenvalue weighted by atomic mass is 32.2. The molecule has 0 unspecified atom stereocenters. The number of amides is 1. The number of pyridine rings is 1. The highest BCUT2D eigenvalue weighted by Gasteiger charge is 2.16. The Morgan fingerprint density at radius 2 is 1.51 bits per heavy atom. The van der Waals surface area contributed by atoms with E-state index in [0.717, 1.165) is 15.4 Å². The van der Waals surface area contributed by atoms with Crippen LogP contribution >= 0.6 is 0 Å². The van der Waals surface area contributed by atoms with Crippen LogP contribution < -0.4 is 10.9 Å². The van der Waals surface area contributed by atoms with E-state index in [-0.39, 0.29) is 28.5 Å². The van der Waals surface area contributed by atoms with Gasteiger partial charge in [0.15, 0.2) is 0 Å². The number of benzene rings is 3. The molecular weight excluding hydrogens is 494 g/mol. The predicted octanol–water partition coefficient (Wildman–Crippen LogP) is 3.00. The number of aromatic amines is 1. The van der Waals surface area contributed by atoms with Crippen LogP contribution in [0, 0.1) is 0 Å². The Morgan fingerprint density at radius 1 is 0.892 bits per heavy atom. The minimum atomic E-state index is -3.52. The number of nitrogens with one attached hydrogen (secondary N) is 2. The number of carbonyl (C=O) groups excluding carboxylic acids is 1. The van der Waals surface area contributed by atoms with Gasteiger partial charge in [0.25, 0.3) is 11.5 Å². The van der Waals surface area contributed by atoms with Gasteiger partial charge in [-0.2, -0.15) is 0 Å². The van der Waals surface area contributed by atoms with Crippen LogP contribution in [0.3, 0.4) is 0 Å². The van der Waals surface area contributed by atoms with Gasteiger partial charge in [0.2, 0.25) is 10.0 Å². The maximum absolute atomic E-state index is 12.8. The largest absolute Gasteiger partial charge is 0.478 e. The van der Waals surface area contributed by atoms with E-state index in [1.807, 2.05) is 0 Å². The van der Waals surface area contributed by atoms with Gasteiger partial charge in [-0.15, -0.1) is 0 Å². The summed E-state index contributed by atoms with van der Waals surface area (Å²) in [4.78, 5) is 39.4. The predicted molar refractivity (Wildman–Crippen MR) is 139 cm³/mol. The van der Waals surface area contributed by atoms with Crippen molar-refractivity contribution in [1.82, 2.24) is 14.6 Å². The van der Waals surface area contributed by atoms with Crippen molar-refractivity contribution < 1.29 is 23.1 Å². The molecule has 190 valence electrons. The molecule has 0 saturated heterocycles. The molecule has 10 heteroatoms. The van der Waals surface area contributed by atoms with Crippen LogP contribution in [-0.4, -0.2) is 48.8 Å². The minimum absolute atomic E-state index is 0.168. The van der Waals surface area contributed by atoms with Gasteiger partial charge in [0, 0.05) is 43.7 Å². The molecule has 3 N–H and O–H groups in total. The highest BCUT2D eigenvalue weighted by molar-refractivity contribution is 7.89. The Morgan fingerprint density at radius 3 is 2.14 bits per heavy atom. The quantitative estimate of drug-likeness (QED) is 0.327. The Labute approximate surface area is 213 Å². The second-order valence-electron chi connectivity index (χ2n) is 8.72. The zero-order valence-corrected chi connectivity index (χ0v) is 21.0. The van der Waals surface area contributed by atoms with Crippen LogP contribution in [0.2, 0.25) is 0 Å². The lowest BCUT2D eigenvalue weighted by atomic mass is 10.0. The SMILES string of the molecule is CN(C)S(=O)(=O)c1ccc(CNC(=O)c2ccc3[nH]c(=O)c(Cc4ccc(C(=O)O)cc4)cc3c2)cc1. The van der Waals surface area contributed by atoms with Gasteiger partial charge in [-0.25, -0.2) is 17.5 Å². The summed E-state index contributed by atoms with van der Waals surface area (Å²) in [6.45, 7) is 0.211. The van der Waals surface area contributed by atoms with Crippen LogP contribution in [0.15, 0.2) is 82.5 Å². The topological polar surface area (TPSA) is 137 Å². The molecule has 0 atom stereocenters. The standard InChI is InChI=1S/C27H25N3O6S/c1-30(2)37(35,36)23-10-5-18(6-11-23)16-28-25(31)20-9-12-24-21(14-20)15-22(26(32)29-24)13-17-3-7-19(8-4-17)27(33)34/h3-12,14-15H,13,16H2,1-2H3,(H,28,31)(H,29,32)(H,33,34). The maximum Gasteiger partial charge on any atom is 0.335 e. The lowest BCUT2D eigenvalue weighted by Crippen LogP contribution is -2.23. The van der Waals surface area contributed by atoms with Gasteiger partial charge in [-0.1, -0.05) is 24.3 Å². The summed E-state index contributed by atoms with van der Waals surface area (Å²) in [7, 11) is -0.599. The zero-order chi connectivity index (χ0) is 26.7. The molecular formula is C27H25N3O6S. The molecule has 0 radical (unpaired) electrons. The molecule has 1 amide bonds. The first kappa shape index (κ1) is 25.8. The third-order valence-corrected chi connectivity index (χ3v) is 7.76. The molecule has 37 heavy (non-hydrogen) atoms. The number of fused-ring (bicyclic) bond motifs is 1. The summed E-state index contributed by atoms with van der Waals surface area (Å²) in [5.41, 5.74) is 2.92. The Bertz CT molecular complexity index is 1640. The highest BCUT2D eigenvalue weighted by Crippen LogP contribution is 2.17. The minimum Gasteiger partial charge on any atom is -0.478 e. The van der Waals surface area contributed by atoms with Crippen molar-refractivity contribution in [2.45, 2.75) is 17.9 Å². The number of hydrogen-bond acceptors (Lipinski definition) is 5. The third-order valence-electron chi connectivity index (χ3n) is 5.93. The van der Waals surface area contributed by atoms with Gasteiger partial charge in [-0.3, -0.25) is 9.59 Å². The van der Waals surface area contributed by atoms with Crippen molar-refractivity contribution in [2.24, 2.45) is 0 Å². The number of carboxylic acids is 1. The Balaban J connectivity index is 1.49. The first-order chi connectivity index (χ1) is 17.5. The molecule has 0 spiro atoms. The molecule has 0 fully saturated rings. The zero-order valence-electron chi connectivity index (χ0n) is 20.2. The van der Waals surface area contributed by atoms with Crippen molar-refractivity contribution in [1.29, 1.82) is 0 Å². The molecule has 4 rings (SSSR count). The first-order valence-corrected chi connectivity index (χ1v) is 12.8. The van der Waals surface area contributed by atoms with Crippen LogP contribution in [0.25, 0.3) is 10.9 Å². The average Bonchev–Trinajstić information content (AvgIpc) is 2.88. The molecule has 0 bridgehead atoms. The third kappa shape index (κ3) is 5.76. The molecule has 1 aromatic heterocycles. The molecule has 3 aromatic carbocycles. The van der Waals surface area contributed by atoms with E-state index in [1.54, 1.807) is 48.5 Å². The van der Waals surface area contributed by atoms with Crippen LogP contribution in [0.1, 0.15) is 37.4 Å². The van der Waals surface area contributed by atoms with Crippen molar-refractivity contribution in [3.05, 3.63) is 111 Å². The Kier molecular flexibility index (Phi) is 7.23. The monoisotopic (exact) mass is 519 g/mol. The van der Waals surface area contributed by atoms with Gasteiger partial charge in [0.05, 0.1) is 10.5 Å².